The van der Waals surface area contributed by atoms with E-state index in [9.17, 15) is 5.26 Å². The summed E-state index contributed by atoms with van der Waals surface area (Å²) >= 11 is 7.73. The molecule has 3 heterocycles. The summed E-state index contributed by atoms with van der Waals surface area (Å²) in [4.78, 5) is 12.9. The minimum absolute atomic E-state index is 0.455. The number of nitrogens with one attached hydrogen (secondary N) is 2. The summed E-state index contributed by atoms with van der Waals surface area (Å²) in [5.74, 6) is 0.479. The molecule has 2 N–H and O–H groups in total. The van der Waals surface area contributed by atoms with Gasteiger partial charge in [-0.1, -0.05) is 47.6 Å². The number of aromatic nitrogens is 3. The Kier molecular flexibility index (Phi) is 6.28. The van der Waals surface area contributed by atoms with Gasteiger partial charge in [0.1, 0.15) is 11.6 Å². The quantitative estimate of drug-likeness (QED) is 0.545. The molecule has 148 valence electrons. The number of halogens is 1. The predicted octanol–water partition coefficient (Wildman–Crippen LogP) is 4.71. The average molecular weight is 433 g/mol. The molecule has 1 aromatic carbocycles. The van der Waals surface area contributed by atoms with Crippen LogP contribution in [0.15, 0.2) is 71.5 Å². The SMILES string of the molecule is N#C/C(=C1/NC(c2ccccc2Cl)=CS1)c1ccnc(NCCc2cccnc2)n1. The molecule has 30 heavy (non-hydrogen) atoms. The molecule has 0 fully saturated rings. The first-order chi connectivity index (χ1) is 14.7. The largest absolute Gasteiger partial charge is 0.354 e. The van der Waals surface area contributed by atoms with Crippen LogP contribution in [0.1, 0.15) is 16.8 Å². The fraction of sp³-hybridized carbons (Fsp3) is 0.0909. The zero-order valence-electron chi connectivity index (χ0n) is 15.8. The molecule has 8 heteroatoms. The molecule has 0 atom stereocenters. The van der Waals surface area contributed by atoms with Crippen LogP contribution >= 0.6 is 23.4 Å². The standard InChI is InChI=1S/C22H17ClN6S/c23-18-6-2-1-5-16(18)20-14-30-21(28-20)17(12-24)19-8-11-27-22(29-19)26-10-7-15-4-3-9-25-13-15/h1-6,8-9,11,13-14,28H,7,10H2,(H,26,27,29)/b21-17+. The Bertz CT molecular complexity index is 1150. The highest BCUT2D eigenvalue weighted by Crippen LogP contribution is 2.36. The van der Waals surface area contributed by atoms with Crippen LogP contribution in [0.5, 0.6) is 0 Å². The molecule has 0 aliphatic carbocycles. The van der Waals surface area contributed by atoms with Crippen molar-refractivity contribution in [2.75, 3.05) is 11.9 Å². The van der Waals surface area contributed by atoms with Crippen molar-refractivity contribution in [2.45, 2.75) is 6.42 Å². The molecule has 0 radical (unpaired) electrons. The third kappa shape index (κ3) is 4.62. The van der Waals surface area contributed by atoms with Crippen molar-refractivity contribution in [3.05, 3.63) is 93.3 Å². The predicted molar refractivity (Wildman–Crippen MR) is 121 cm³/mol. The monoisotopic (exact) mass is 432 g/mol. The lowest BCUT2D eigenvalue weighted by Crippen LogP contribution is -2.10. The first kappa shape index (κ1) is 20.0. The van der Waals surface area contributed by atoms with Gasteiger partial charge in [0.05, 0.1) is 16.4 Å². The fourth-order valence-corrected chi connectivity index (χ4v) is 4.00. The van der Waals surface area contributed by atoms with E-state index in [0.717, 1.165) is 23.2 Å². The molecular weight excluding hydrogens is 416 g/mol. The van der Waals surface area contributed by atoms with Gasteiger partial charge in [-0.25, -0.2) is 9.97 Å². The molecule has 2 aromatic heterocycles. The Labute approximate surface area is 183 Å². The molecular formula is C22H17ClN6S. The maximum atomic E-state index is 9.77. The highest BCUT2D eigenvalue weighted by molar-refractivity contribution is 8.06. The lowest BCUT2D eigenvalue weighted by atomic mass is 10.1. The number of allylic oxidation sites excluding steroid dienone is 1. The summed E-state index contributed by atoms with van der Waals surface area (Å²) in [5.41, 5.74) is 3.89. The van der Waals surface area contributed by atoms with Crippen LogP contribution in [0.2, 0.25) is 5.02 Å². The van der Waals surface area contributed by atoms with Crippen molar-refractivity contribution in [1.29, 1.82) is 5.26 Å². The summed E-state index contributed by atoms with van der Waals surface area (Å²) < 4.78 is 0. The van der Waals surface area contributed by atoms with E-state index in [-0.39, 0.29) is 0 Å². The zero-order valence-corrected chi connectivity index (χ0v) is 17.4. The Morgan fingerprint density at radius 2 is 2.07 bits per heavy atom. The van der Waals surface area contributed by atoms with E-state index in [1.807, 2.05) is 48.0 Å². The topological polar surface area (TPSA) is 86.5 Å². The fourth-order valence-electron chi connectivity index (χ4n) is 2.90. The van der Waals surface area contributed by atoms with Gasteiger partial charge in [0.15, 0.2) is 0 Å². The first-order valence-corrected chi connectivity index (χ1v) is 10.5. The Balaban J connectivity index is 1.48. The molecule has 0 bridgehead atoms. The van der Waals surface area contributed by atoms with Gasteiger partial charge in [-0.05, 0) is 30.2 Å². The van der Waals surface area contributed by atoms with E-state index in [4.69, 9.17) is 11.6 Å². The summed E-state index contributed by atoms with van der Waals surface area (Å²) in [6.45, 7) is 0.665. The van der Waals surface area contributed by atoms with Crippen LogP contribution < -0.4 is 10.6 Å². The lowest BCUT2D eigenvalue weighted by Gasteiger charge is -2.09. The van der Waals surface area contributed by atoms with Crippen LogP contribution in [-0.4, -0.2) is 21.5 Å². The van der Waals surface area contributed by atoms with Gasteiger partial charge < -0.3 is 10.6 Å². The number of anilines is 1. The maximum absolute atomic E-state index is 9.77. The third-order valence-corrected chi connectivity index (χ3v) is 5.60. The van der Waals surface area contributed by atoms with Gasteiger partial charge in [0.25, 0.3) is 0 Å². The third-order valence-electron chi connectivity index (χ3n) is 4.38. The molecule has 4 rings (SSSR count). The Morgan fingerprint density at radius 3 is 2.87 bits per heavy atom. The van der Waals surface area contributed by atoms with Crippen LogP contribution in [0, 0.1) is 11.3 Å². The van der Waals surface area contributed by atoms with Crippen LogP contribution in [0.4, 0.5) is 5.95 Å². The van der Waals surface area contributed by atoms with Crippen LogP contribution in [-0.2, 0) is 6.42 Å². The van der Waals surface area contributed by atoms with Crippen molar-refractivity contribution in [3.63, 3.8) is 0 Å². The van der Waals surface area contributed by atoms with E-state index in [0.29, 0.717) is 33.8 Å². The van der Waals surface area contributed by atoms with Gasteiger partial charge in [-0.2, -0.15) is 5.26 Å². The second-order valence-electron chi connectivity index (χ2n) is 6.37. The molecule has 1 aliphatic heterocycles. The average Bonchev–Trinajstić information content (AvgIpc) is 3.25. The summed E-state index contributed by atoms with van der Waals surface area (Å²) in [6.07, 6.45) is 6.04. The van der Waals surface area contributed by atoms with Crippen molar-refractivity contribution >= 4 is 40.6 Å². The molecule has 0 spiro atoms. The Hall–Kier alpha value is -3.34. The smallest absolute Gasteiger partial charge is 0.223 e. The van der Waals surface area contributed by atoms with Gasteiger partial charge >= 0.3 is 0 Å². The number of pyridine rings is 1. The first-order valence-electron chi connectivity index (χ1n) is 9.24. The van der Waals surface area contributed by atoms with Gasteiger partial charge in [-0.3, -0.25) is 4.98 Å². The maximum Gasteiger partial charge on any atom is 0.223 e. The highest BCUT2D eigenvalue weighted by atomic mass is 35.5. The number of hydrogen-bond donors (Lipinski definition) is 2. The number of rotatable bonds is 6. The van der Waals surface area contributed by atoms with E-state index >= 15 is 0 Å². The molecule has 6 nitrogen and oxygen atoms in total. The number of thioether (sulfide) groups is 1. The van der Waals surface area contributed by atoms with Crippen LogP contribution in [0.3, 0.4) is 0 Å². The molecule has 3 aromatic rings. The second-order valence-corrected chi connectivity index (χ2v) is 7.66. The summed E-state index contributed by atoms with van der Waals surface area (Å²) in [5, 5.41) is 19.6. The highest BCUT2D eigenvalue weighted by Gasteiger charge is 2.19. The van der Waals surface area contributed by atoms with Crippen molar-refractivity contribution in [2.24, 2.45) is 0 Å². The summed E-state index contributed by atoms with van der Waals surface area (Å²) in [7, 11) is 0. The summed E-state index contributed by atoms with van der Waals surface area (Å²) in [6, 6.07) is 15.5. The number of nitrogens with zero attached hydrogens (tertiary/aromatic N) is 4. The van der Waals surface area contributed by atoms with Crippen molar-refractivity contribution in [3.8, 4) is 6.07 Å². The molecule has 0 unspecified atom stereocenters. The number of hydrogen-bond acceptors (Lipinski definition) is 7. The van der Waals surface area contributed by atoms with Crippen molar-refractivity contribution in [1.82, 2.24) is 20.3 Å². The minimum atomic E-state index is 0.455. The number of benzene rings is 1. The van der Waals surface area contributed by atoms with Gasteiger partial charge in [0.2, 0.25) is 5.95 Å². The second kappa shape index (κ2) is 9.44. The van der Waals surface area contributed by atoms with E-state index in [2.05, 4.69) is 31.7 Å². The molecule has 1 aliphatic rings. The normalized spacial score (nSPS) is 14.5. The number of nitriles is 1. The molecule has 0 saturated carbocycles. The Morgan fingerprint density at radius 1 is 1.17 bits per heavy atom. The molecule has 0 amide bonds. The van der Waals surface area contributed by atoms with E-state index < -0.39 is 0 Å². The minimum Gasteiger partial charge on any atom is -0.354 e. The van der Waals surface area contributed by atoms with Crippen LogP contribution in [0.25, 0.3) is 11.3 Å². The lowest BCUT2D eigenvalue weighted by molar-refractivity contribution is 0.971. The zero-order chi connectivity index (χ0) is 20.8. The van der Waals surface area contributed by atoms with E-state index in [1.165, 1.54) is 11.8 Å². The molecule has 0 saturated heterocycles. The van der Waals surface area contributed by atoms with Gasteiger partial charge in [0, 0.05) is 41.1 Å². The van der Waals surface area contributed by atoms with Gasteiger partial charge in [-0.15, -0.1) is 0 Å². The van der Waals surface area contributed by atoms with Crippen molar-refractivity contribution < 1.29 is 0 Å². The van der Waals surface area contributed by atoms with E-state index in [1.54, 1.807) is 18.5 Å².